The molecule has 1 fully saturated rings. The van der Waals surface area contributed by atoms with Crippen molar-refractivity contribution in [2.45, 2.75) is 38.8 Å². The smallest absolute Gasteiger partial charge is 0.410 e. The van der Waals surface area contributed by atoms with Crippen LogP contribution in [-0.4, -0.2) is 47.4 Å². The van der Waals surface area contributed by atoms with E-state index in [1.165, 1.54) is 0 Å². The molecular formula is C15H21ClN2O3. The van der Waals surface area contributed by atoms with Crippen molar-refractivity contribution in [2.75, 3.05) is 19.8 Å². The van der Waals surface area contributed by atoms with Crippen LogP contribution in [0.4, 0.5) is 4.79 Å². The van der Waals surface area contributed by atoms with E-state index in [1.54, 1.807) is 17.2 Å². The molecule has 116 valence electrons. The van der Waals surface area contributed by atoms with E-state index >= 15 is 0 Å². The maximum Gasteiger partial charge on any atom is 0.410 e. The summed E-state index contributed by atoms with van der Waals surface area (Å²) in [5.41, 5.74) is 0.519. The van der Waals surface area contributed by atoms with Gasteiger partial charge in [0.15, 0.2) is 0 Å². The molecule has 2 rings (SSSR count). The zero-order valence-electron chi connectivity index (χ0n) is 12.6. The predicted molar refractivity (Wildman–Crippen MR) is 80.5 cm³/mol. The summed E-state index contributed by atoms with van der Waals surface area (Å²) in [6.45, 7) is 7.17. The molecule has 1 aliphatic heterocycles. The van der Waals surface area contributed by atoms with Gasteiger partial charge in [0, 0.05) is 12.7 Å². The van der Waals surface area contributed by atoms with Crippen LogP contribution in [0.1, 0.15) is 26.3 Å². The highest BCUT2D eigenvalue weighted by molar-refractivity contribution is 6.29. The molecule has 21 heavy (non-hydrogen) atoms. The highest BCUT2D eigenvalue weighted by atomic mass is 35.5. The average molecular weight is 313 g/mol. The van der Waals surface area contributed by atoms with Gasteiger partial charge >= 0.3 is 6.09 Å². The lowest BCUT2D eigenvalue weighted by Crippen LogP contribution is -2.51. The summed E-state index contributed by atoms with van der Waals surface area (Å²) in [5, 5.41) is 0.461. The van der Waals surface area contributed by atoms with Crippen LogP contribution in [-0.2, 0) is 15.9 Å². The Morgan fingerprint density at radius 1 is 1.52 bits per heavy atom. The van der Waals surface area contributed by atoms with Gasteiger partial charge in [-0.1, -0.05) is 17.7 Å². The van der Waals surface area contributed by atoms with Crippen molar-refractivity contribution < 1.29 is 14.3 Å². The molecule has 0 aliphatic carbocycles. The second-order valence-electron chi connectivity index (χ2n) is 6.10. The van der Waals surface area contributed by atoms with E-state index in [4.69, 9.17) is 21.1 Å². The zero-order valence-corrected chi connectivity index (χ0v) is 13.4. The Morgan fingerprint density at radius 3 is 2.90 bits per heavy atom. The Hall–Kier alpha value is -1.33. The van der Waals surface area contributed by atoms with Crippen LogP contribution in [0.5, 0.6) is 0 Å². The summed E-state index contributed by atoms with van der Waals surface area (Å²) in [6.07, 6.45) is 2.10. The monoisotopic (exact) mass is 312 g/mol. The summed E-state index contributed by atoms with van der Waals surface area (Å²) >= 11 is 5.79. The first-order chi connectivity index (χ1) is 9.85. The van der Waals surface area contributed by atoms with Crippen LogP contribution in [0.15, 0.2) is 18.3 Å². The van der Waals surface area contributed by atoms with Crippen LogP contribution < -0.4 is 0 Å². The van der Waals surface area contributed by atoms with Crippen molar-refractivity contribution in [1.29, 1.82) is 0 Å². The molecule has 0 saturated carbocycles. The third-order valence-electron chi connectivity index (χ3n) is 3.12. The fraction of sp³-hybridized carbons (Fsp3) is 0.600. The minimum absolute atomic E-state index is 0.0448. The van der Waals surface area contributed by atoms with E-state index in [0.717, 1.165) is 5.56 Å². The quantitative estimate of drug-likeness (QED) is 0.788. The largest absolute Gasteiger partial charge is 0.444 e. The number of carbonyl (C=O) groups excluding carboxylic acids is 1. The predicted octanol–water partition coefficient (Wildman–Crippen LogP) is 2.91. The SMILES string of the molecule is CC(C)(C)OC(=O)N1CCOCC1Cc1ccc(Cl)nc1. The van der Waals surface area contributed by atoms with Gasteiger partial charge in [0.1, 0.15) is 10.8 Å². The number of nitrogens with zero attached hydrogens (tertiary/aromatic N) is 2. The Kier molecular flexibility index (Phi) is 5.06. The Balaban J connectivity index is 2.04. The Bertz CT molecular complexity index is 485. The minimum atomic E-state index is -0.498. The normalized spacial score (nSPS) is 19.4. The van der Waals surface area contributed by atoms with E-state index < -0.39 is 5.60 Å². The van der Waals surface area contributed by atoms with Gasteiger partial charge in [0.05, 0.1) is 19.3 Å². The summed E-state index contributed by atoms with van der Waals surface area (Å²) in [4.78, 5) is 18.1. The first kappa shape index (κ1) is 16.0. The first-order valence-corrected chi connectivity index (χ1v) is 7.41. The molecule has 2 heterocycles. The number of halogens is 1. The van der Waals surface area contributed by atoms with Gasteiger partial charge in [0.25, 0.3) is 0 Å². The number of hydrogen-bond acceptors (Lipinski definition) is 4. The molecule has 1 aromatic rings. The highest BCUT2D eigenvalue weighted by Gasteiger charge is 2.31. The van der Waals surface area contributed by atoms with Crippen molar-refractivity contribution in [2.24, 2.45) is 0 Å². The van der Waals surface area contributed by atoms with E-state index in [2.05, 4.69) is 4.98 Å². The van der Waals surface area contributed by atoms with Crippen molar-refractivity contribution >= 4 is 17.7 Å². The summed E-state index contributed by atoms with van der Waals surface area (Å²) in [7, 11) is 0. The van der Waals surface area contributed by atoms with E-state index in [1.807, 2.05) is 26.8 Å². The van der Waals surface area contributed by atoms with Gasteiger partial charge in [-0.3, -0.25) is 0 Å². The molecule has 0 aromatic carbocycles. The number of ether oxygens (including phenoxy) is 2. The molecule has 1 amide bonds. The maximum absolute atomic E-state index is 12.3. The van der Waals surface area contributed by atoms with Gasteiger partial charge in [-0.25, -0.2) is 9.78 Å². The second kappa shape index (κ2) is 6.62. The van der Waals surface area contributed by atoms with Crippen molar-refractivity contribution in [3.63, 3.8) is 0 Å². The third kappa shape index (κ3) is 4.86. The fourth-order valence-corrected chi connectivity index (χ4v) is 2.30. The molecule has 1 unspecified atom stereocenters. The van der Waals surface area contributed by atoms with Gasteiger partial charge in [-0.2, -0.15) is 0 Å². The number of carbonyl (C=O) groups is 1. The molecule has 0 bridgehead atoms. The molecule has 0 radical (unpaired) electrons. The number of amides is 1. The Labute approximate surface area is 130 Å². The van der Waals surface area contributed by atoms with E-state index in [9.17, 15) is 4.79 Å². The van der Waals surface area contributed by atoms with E-state index in [-0.39, 0.29) is 12.1 Å². The van der Waals surface area contributed by atoms with Crippen LogP contribution in [0.3, 0.4) is 0 Å². The van der Waals surface area contributed by atoms with Crippen LogP contribution in [0, 0.1) is 0 Å². The first-order valence-electron chi connectivity index (χ1n) is 7.03. The van der Waals surface area contributed by atoms with Crippen molar-refractivity contribution in [3.8, 4) is 0 Å². The number of hydrogen-bond donors (Lipinski definition) is 0. The lowest BCUT2D eigenvalue weighted by molar-refractivity contribution is -0.0319. The number of rotatable bonds is 2. The molecular weight excluding hydrogens is 292 g/mol. The number of morpholine rings is 1. The minimum Gasteiger partial charge on any atom is -0.444 e. The van der Waals surface area contributed by atoms with Crippen molar-refractivity contribution in [1.82, 2.24) is 9.88 Å². The van der Waals surface area contributed by atoms with Gasteiger partial charge in [-0.15, -0.1) is 0 Å². The van der Waals surface area contributed by atoms with Crippen LogP contribution in [0.2, 0.25) is 5.15 Å². The topological polar surface area (TPSA) is 51.7 Å². The lowest BCUT2D eigenvalue weighted by atomic mass is 10.1. The lowest BCUT2D eigenvalue weighted by Gasteiger charge is -2.36. The molecule has 0 N–H and O–H groups in total. The van der Waals surface area contributed by atoms with Gasteiger partial charge in [-0.05, 0) is 38.8 Å². The average Bonchev–Trinajstić information content (AvgIpc) is 2.40. The second-order valence-corrected chi connectivity index (χ2v) is 6.48. The number of aromatic nitrogens is 1. The van der Waals surface area contributed by atoms with Gasteiger partial charge < -0.3 is 14.4 Å². The summed E-state index contributed by atoms with van der Waals surface area (Å²) in [5.74, 6) is 0. The zero-order chi connectivity index (χ0) is 15.5. The van der Waals surface area contributed by atoms with Crippen molar-refractivity contribution in [3.05, 3.63) is 29.0 Å². The Morgan fingerprint density at radius 2 is 2.29 bits per heavy atom. The summed E-state index contributed by atoms with van der Waals surface area (Å²) in [6, 6.07) is 3.62. The summed E-state index contributed by atoms with van der Waals surface area (Å²) < 4.78 is 11.0. The standard InChI is InChI=1S/C15H21ClN2O3/c1-15(2,3)21-14(19)18-6-7-20-10-12(18)8-11-4-5-13(16)17-9-11/h4-5,9,12H,6-8,10H2,1-3H3. The maximum atomic E-state index is 12.3. The third-order valence-corrected chi connectivity index (χ3v) is 3.34. The molecule has 1 saturated heterocycles. The van der Waals surface area contributed by atoms with Crippen LogP contribution in [0.25, 0.3) is 0 Å². The molecule has 6 heteroatoms. The molecule has 1 aromatic heterocycles. The van der Waals surface area contributed by atoms with E-state index in [0.29, 0.717) is 31.3 Å². The molecule has 1 atom stereocenters. The molecule has 5 nitrogen and oxygen atoms in total. The molecule has 0 spiro atoms. The van der Waals surface area contributed by atoms with Gasteiger partial charge in [0.2, 0.25) is 0 Å². The van der Waals surface area contributed by atoms with Crippen LogP contribution >= 0.6 is 11.6 Å². The molecule has 1 aliphatic rings. The number of pyridine rings is 1. The fourth-order valence-electron chi connectivity index (χ4n) is 2.18. The highest BCUT2D eigenvalue weighted by Crippen LogP contribution is 2.18.